The molecule has 1 heterocycles. The molecule has 0 aromatic heterocycles. The lowest BCUT2D eigenvalue weighted by Gasteiger charge is -2.47. The minimum Gasteiger partial charge on any atom is -0.326 e. The second-order valence-electron chi connectivity index (χ2n) is 5.68. The van der Waals surface area contributed by atoms with Crippen LogP contribution in [-0.4, -0.2) is 30.1 Å². The molecule has 0 amide bonds. The van der Waals surface area contributed by atoms with Crippen LogP contribution in [0.1, 0.15) is 46.0 Å². The molecule has 14 heavy (non-hydrogen) atoms. The van der Waals surface area contributed by atoms with Gasteiger partial charge in [-0.1, -0.05) is 13.3 Å². The van der Waals surface area contributed by atoms with Gasteiger partial charge in [-0.3, -0.25) is 4.90 Å². The van der Waals surface area contributed by atoms with Crippen molar-refractivity contribution in [2.24, 2.45) is 11.1 Å². The van der Waals surface area contributed by atoms with Crippen LogP contribution in [0.25, 0.3) is 0 Å². The van der Waals surface area contributed by atoms with E-state index in [4.69, 9.17) is 5.73 Å². The summed E-state index contributed by atoms with van der Waals surface area (Å²) in [6.07, 6.45) is 6.79. The predicted molar refractivity (Wildman–Crippen MR) is 60.2 cm³/mol. The summed E-state index contributed by atoms with van der Waals surface area (Å²) in [7, 11) is 0. The number of hydrogen-bond donors (Lipinski definition) is 1. The summed E-state index contributed by atoms with van der Waals surface area (Å²) in [6, 6.07) is 1.01. The van der Waals surface area contributed by atoms with Crippen LogP contribution in [0, 0.1) is 5.41 Å². The van der Waals surface area contributed by atoms with Gasteiger partial charge in [-0.15, -0.1) is 0 Å². The molecule has 2 N–H and O–H groups in total. The Balaban J connectivity index is 1.89. The number of hydrogen-bond acceptors (Lipinski definition) is 2. The molecule has 2 fully saturated rings. The highest BCUT2D eigenvalue weighted by Crippen LogP contribution is 2.41. The first-order valence-electron chi connectivity index (χ1n) is 6.10. The van der Waals surface area contributed by atoms with E-state index in [1.165, 1.54) is 45.2 Å². The maximum absolute atomic E-state index is 6.11. The van der Waals surface area contributed by atoms with Crippen LogP contribution in [-0.2, 0) is 0 Å². The Kier molecular flexibility index (Phi) is 2.85. The van der Waals surface area contributed by atoms with Gasteiger partial charge in [0.1, 0.15) is 0 Å². The lowest BCUT2D eigenvalue weighted by Crippen LogP contribution is -2.54. The average Bonchev–Trinajstić information content (AvgIpc) is 2.10. The van der Waals surface area contributed by atoms with E-state index in [0.29, 0.717) is 17.5 Å². The predicted octanol–water partition coefficient (Wildman–Crippen LogP) is 1.99. The molecule has 2 aliphatic rings. The molecule has 1 aliphatic carbocycles. The van der Waals surface area contributed by atoms with Gasteiger partial charge >= 0.3 is 0 Å². The van der Waals surface area contributed by atoms with Crippen molar-refractivity contribution >= 4 is 0 Å². The Morgan fingerprint density at radius 3 is 2.64 bits per heavy atom. The van der Waals surface area contributed by atoms with Gasteiger partial charge in [0.05, 0.1) is 0 Å². The van der Waals surface area contributed by atoms with Crippen molar-refractivity contribution in [1.82, 2.24) is 4.90 Å². The van der Waals surface area contributed by atoms with Crippen LogP contribution in [0.15, 0.2) is 0 Å². The third kappa shape index (κ3) is 1.96. The lowest BCUT2D eigenvalue weighted by atomic mass is 9.70. The van der Waals surface area contributed by atoms with Crippen molar-refractivity contribution in [3.8, 4) is 0 Å². The SMILES string of the molecule is CC1C(N)CCCN1CC1(C)CCC1. The van der Waals surface area contributed by atoms with Gasteiger partial charge in [0.15, 0.2) is 0 Å². The minimum absolute atomic E-state index is 0.410. The van der Waals surface area contributed by atoms with Gasteiger partial charge in [-0.2, -0.15) is 0 Å². The molecule has 0 aromatic rings. The third-order valence-electron chi connectivity index (χ3n) is 4.32. The number of likely N-dealkylation sites (tertiary alicyclic amines) is 1. The molecule has 0 radical (unpaired) electrons. The van der Waals surface area contributed by atoms with Crippen molar-refractivity contribution in [3.05, 3.63) is 0 Å². The van der Waals surface area contributed by atoms with Crippen molar-refractivity contribution in [2.75, 3.05) is 13.1 Å². The van der Waals surface area contributed by atoms with E-state index in [2.05, 4.69) is 18.7 Å². The largest absolute Gasteiger partial charge is 0.326 e. The molecule has 0 spiro atoms. The van der Waals surface area contributed by atoms with E-state index in [9.17, 15) is 0 Å². The van der Waals surface area contributed by atoms with Crippen molar-refractivity contribution in [2.45, 2.75) is 58.0 Å². The van der Waals surface area contributed by atoms with E-state index in [0.717, 1.165) is 0 Å². The fraction of sp³-hybridized carbons (Fsp3) is 1.00. The molecule has 0 bridgehead atoms. The molecule has 0 aromatic carbocycles. The van der Waals surface area contributed by atoms with Crippen LogP contribution in [0.3, 0.4) is 0 Å². The van der Waals surface area contributed by atoms with Crippen LogP contribution in [0.4, 0.5) is 0 Å². The number of nitrogens with two attached hydrogens (primary N) is 1. The van der Waals surface area contributed by atoms with Gasteiger partial charge in [0.2, 0.25) is 0 Å². The van der Waals surface area contributed by atoms with Crippen molar-refractivity contribution in [3.63, 3.8) is 0 Å². The Morgan fingerprint density at radius 2 is 2.07 bits per heavy atom. The van der Waals surface area contributed by atoms with Crippen LogP contribution in [0.5, 0.6) is 0 Å². The van der Waals surface area contributed by atoms with E-state index in [1.54, 1.807) is 0 Å². The standard InChI is InChI=1S/C12H24N2/c1-10-11(13)5-3-8-14(10)9-12(2)6-4-7-12/h10-11H,3-9,13H2,1-2H3. The zero-order chi connectivity index (χ0) is 10.2. The molecule has 2 atom stereocenters. The minimum atomic E-state index is 0.410. The summed E-state index contributed by atoms with van der Waals surface area (Å²) in [5.74, 6) is 0. The van der Waals surface area contributed by atoms with Gasteiger partial charge in [-0.25, -0.2) is 0 Å². The molecular formula is C12H24N2. The van der Waals surface area contributed by atoms with Crippen molar-refractivity contribution < 1.29 is 0 Å². The van der Waals surface area contributed by atoms with Gasteiger partial charge in [0, 0.05) is 18.6 Å². The fourth-order valence-electron chi connectivity index (χ4n) is 2.90. The molecule has 2 rings (SSSR count). The van der Waals surface area contributed by atoms with E-state index in [-0.39, 0.29) is 0 Å². The van der Waals surface area contributed by atoms with Crippen LogP contribution in [0.2, 0.25) is 0 Å². The summed E-state index contributed by atoms with van der Waals surface area (Å²) >= 11 is 0. The average molecular weight is 196 g/mol. The highest BCUT2D eigenvalue weighted by Gasteiger charge is 2.36. The van der Waals surface area contributed by atoms with E-state index >= 15 is 0 Å². The Bertz CT molecular complexity index is 198. The zero-order valence-corrected chi connectivity index (χ0v) is 9.63. The molecule has 2 heteroatoms. The molecule has 2 unspecified atom stereocenters. The summed E-state index contributed by atoms with van der Waals surface area (Å²) in [4.78, 5) is 2.62. The first-order chi connectivity index (χ1) is 6.61. The smallest absolute Gasteiger partial charge is 0.0219 e. The van der Waals surface area contributed by atoms with Crippen LogP contribution >= 0.6 is 0 Å². The first-order valence-corrected chi connectivity index (χ1v) is 6.10. The zero-order valence-electron chi connectivity index (χ0n) is 9.63. The van der Waals surface area contributed by atoms with Gasteiger partial charge in [-0.05, 0) is 44.6 Å². The summed E-state index contributed by atoms with van der Waals surface area (Å²) in [6.45, 7) is 7.28. The molecule has 2 nitrogen and oxygen atoms in total. The number of nitrogens with zero attached hydrogens (tertiary/aromatic N) is 1. The van der Waals surface area contributed by atoms with Gasteiger partial charge in [0.25, 0.3) is 0 Å². The number of piperidine rings is 1. The second-order valence-corrected chi connectivity index (χ2v) is 5.68. The molecule has 1 saturated heterocycles. The highest BCUT2D eigenvalue weighted by molar-refractivity contribution is 4.91. The van der Waals surface area contributed by atoms with E-state index < -0.39 is 0 Å². The summed E-state index contributed by atoms with van der Waals surface area (Å²) in [5.41, 5.74) is 6.72. The van der Waals surface area contributed by atoms with Gasteiger partial charge < -0.3 is 5.73 Å². The molecule has 1 aliphatic heterocycles. The monoisotopic (exact) mass is 196 g/mol. The van der Waals surface area contributed by atoms with Crippen molar-refractivity contribution in [1.29, 1.82) is 0 Å². The van der Waals surface area contributed by atoms with Crippen LogP contribution < -0.4 is 5.73 Å². The molecule has 1 saturated carbocycles. The summed E-state index contributed by atoms with van der Waals surface area (Å²) in [5, 5.41) is 0. The second kappa shape index (κ2) is 3.82. The molecule has 82 valence electrons. The lowest BCUT2D eigenvalue weighted by molar-refractivity contribution is 0.0407. The Hall–Kier alpha value is -0.0800. The quantitative estimate of drug-likeness (QED) is 0.732. The fourth-order valence-corrected chi connectivity index (χ4v) is 2.90. The topological polar surface area (TPSA) is 29.3 Å². The normalized spacial score (nSPS) is 37.9. The molecular weight excluding hydrogens is 172 g/mol. The summed E-state index contributed by atoms with van der Waals surface area (Å²) < 4.78 is 0. The third-order valence-corrected chi connectivity index (χ3v) is 4.32. The maximum atomic E-state index is 6.11. The van der Waals surface area contributed by atoms with E-state index in [1.807, 2.05) is 0 Å². The maximum Gasteiger partial charge on any atom is 0.0219 e. The number of rotatable bonds is 2. The highest BCUT2D eigenvalue weighted by atomic mass is 15.2. The Morgan fingerprint density at radius 1 is 1.36 bits per heavy atom. The first kappa shape index (κ1) is 10.4. The Labute approximate surface area is 87.8 Å².